The van der Waals surface area contributed by atoms with E-state index in [1.807, 2.05) is 0 Å². The average molecular weight is 449 g/mol. The third kappa shape index (κ3) is 3.18. The highest BCUT2D eigenvalue weighted by atomic mass is 35.5. The molecule has 2 aromatic carbocycles. The number of ether oxygens (including phenoxy) is 2. The molecule has 0 saturated carbocycles. The van der Waals surface area contributed by atoms with Gasteiger partial charge in [-0.25, -0.2) is 4.79 Å². The van der Waals surface area contributed by atoms with Crippen molar-refractivity contribution in [3.8, 4) is 5.75 Å². The van der Waals surface area contributed by atoms with E-state index in [1.165, 1.54) is 16.8 Å². The summed E-state index contributed by atoms with van der Waals surface area (Å²) in [5, 5.41) is 0.823. The van der Waals surface area contributed by atoms with Gasteiger partial charge in [0.05, 0.1) is 16.3 Å². The molecule has 0 aliphatic carbocycles. The van der Waals surface area contributed by atoms with Crippen LogP contribution in [-0.4, -0.2) is 48.6 Å². The van der Waals surface area contributed by atoms with Crippen LogP contribution in [0, 0.1) is 0 Å². The van der Waals surface area contributed by atoms with Gasteiger partial charge in [-0.1, -0.05) is 35.3 Å². The molecular formula is C21H18Cl2N2O5. The summed E-state index contributed by atoms with van der Waals surface area (Å²) in [4.78, 5) is 41.3. The van der Waals surface area contributed by atoms with Crippen LogP contribution < -0.4 is 9.64 Å². The molecular weight excluding hydrogens is 431 g/mol. The number of halogens is 2. The molecule has 30 heavy (non-hydrogen) atoms. The first-order valence-corrected chi connectivity index (χ1v) is 10.1. The van der Waals surface area contributed by atoms with E-state index in [-0.39, 0.29) is 37.9 Å². The van der Waals surface area contributed by atoms with Gasteiger partial charge in [0.1, 0.15) is 19.0 Å². The van der Waals surface area contributed by atoms with Gasteiger partial charge >= 0.3 is 5.97 Å². The summed E-state index contributed by atoms with van der Waals surface area (Å²) >= 11 is 11.9. The van der Waals surface area contributed by atoms with Crippen molar-refractivity contribution < 1.29 is 23.9 Å². The number of carbonyl (C=O) groups excluding carboxylic acids is 3. The van der Waals surface area contributed by atoms with Crippen molar-refractivity contribution in [2.24, 2.45) is 0 Å². The molecule has 0 radical (unpaired) electrons. The predicted octanol–water partition coefficient (Wildman–Crippen LogP) is 3.52. The third-order valence-corrected chi connectivity index (χ3v) is 5.87. The van der Waals surface area contributed by atoms with Crippen molar-refractivity contribution in [1.29, 1.82) is 0 Å². The molecule has 156 valence electrons. The van der Waals surface area contributed by atoms with E-state index in [2.05, 4.69) is 0 Å². The number of nitrogens with zero attached hydrogens (tertiary/aromatic N) is 2. The van der Waals surface area contributed by atoms with Crippen LogP contribution in [0.5, 0.6) is 5.75 Å². The normalized spacial score (nSPS) is 20.1. The lowest BCUT2D eigenvalue weighted by Crippen LogP contribution is -2.67. The zero-order chi connectivity index (χ0) is 21.5. The number of anilines is 1. The van der Waals surface area contributed by atoms with Crippen molar-refractivity contribution in [1.82, 2.24) is 4.90 Å². The number of benzene rings is 2. The Morgan fingerprint density at radius 2 is 1.90 bits per heavy atom. The topological polar surface area (TPSA) is 76.2 Å². The molecule has 1 unspecified atom stereocenters. The Hall–Kier alpha value is -2.77. The minimum Gasteiger partial charge on any atom is -0.488 e. The van der Waals surface area contributed by atoms with Crippen LogP contribution in [0.2, 0.25) is 10.0 Å². The molecule has 0 N–H and O–H groups in total. The van der Waals surface area contributed by atoms with Crippen LogP contribution in [0.15, 0.2) is 42.5 Å². The van der Waals surface area contributed by atoms with E-state index in [9.17, 15) is 14.4 Å². The van der Waals surface area contributed by atoms with Crippen molar-refractivity contribution in [3.05, 3.63) is 58.1 Å². The lowest BCUT2D eigenvalue weighted by molar-refractivity contribution is -0.157. The van der Waals surface area contributed by atoms with Crippen LogP contribution >= 0.6 is 23.2 Å². The molecule has 0 aromatic heterocycles. The molecule has 1 saturated heterocycles. The Morgan fingerprint density at radius 3 is 2.67 bits per heavy atom. The Labute approximate surface area is 183 Å². The lowest BCUT2D eigenvalue weighted by Gasteiger charge is -2.46. The number of likely N-dealkylation sites (N-methyl/N-ethyl adjacent to an activating group) is 1. The number of rotatable bonds is 5. The van der Waals surface area contributed by atoms with Gasteiger partial charge in [-0.15, -0.1) is 0 Å². The fourth-order valence-corrected chi connectivity index (χ4v) is 4.35. The molecule has 2 heterocycles. The molecule has 9 heteroatoms. The van der Waals surface area contributed by atoms with Gasteiger partial charge in [0.15, 0.2) is 0 Å². The first-order valence-electron chi connectivity index (χ1n) is 9.31. The number of esters is 1. The monoisotopic (exact) mass is 448 g/mol. The van der Waals surface area contributed by atoms with Crippen LogP contribution in [0.4, 0.5) is 5.69 Å². The minimum absolute atomic E-state index is 0.0470. The molecule has 2 aromatic rings. The summed E-state index contributed by atoms with van der Waals surface area (Å²) in [5.41, 5.74) is -0.705. The summed E-state index contributed by atoms with van der Waals surface area (Å²) in [6.45, 7) is -0.0311. The van der Waals surface area contributed by atoms with Gasteiger partial charge in [-0.2, -0.15) is 0 Å². The Kier molecular flexibility index (Phi) is 5.34. The quantitative estimate of drug-likeness (QED) is 0.516. The molecule has 1 atom stereocenters. The smallest absolute Gasteiger partial charge is 0.353 e. The summed E-state index contributed by atoms with van der Waals surface area (Å²) in [6, 6.07) is 11.5. The van der Waals surface area contributed by atoms with Crippen LogP contribution in [-0.2, 0) is 14.3 Å². The number of amides is 2. The van der Waals surface area contributed by atoms with E-state index in [0.717, 1.165) is 0 Å². The first-order chi connectivity index (χ1) is 14.4. The van der Waals surface area contributed by atoms with Gasteiger partial charge < -0.3 is 14.4 Å². The number of fused-ring (bicyclic) bond motifs is 3. The number of hydrogen-bond acceptors (Lipinski definition) is 5. The van der Waals surface area contributed by atoms with Crippen molar-refractivity contribution in [2.75, 3.05) is 25.2 Å². The van der Waals surface area contributed by atoms with Gasteiger partial charge in [0.25, 0.3) is 5.91 Å². The predicted molar refractivity (Wildman–Crippen MR) is 111 cm³/mol. The zero-order valence-corrected chi connectivity index (χ0v) is 17.6. The summed E-state index contributed by atoms with van der Waals surface area (Å²) in [5.74, 6) is -0.836. The molecule has 0 spiro atoms. The third-order valence-electron chi connectivity index (χ3n) is 5.34. The van der Waals surface area contributed by atoms with E-state index in [0.29, 0.717) is 27.0 Å². The molecule has 1 fully saturated rings. The maximum absolute atomic E-state index is 13.1. The second kappa shape index (κ2) is 7.81. The standard InChI is InChI=1S/C21H18Cl2N2O5/c1-24-19(27)14-4-2-3-5-16(14)25-18(26)8-9-21(24,25)20(28)30-11-10-29-17-7-6-13(22)12-15(17)23/h2-7,12H,8-11H2,1H3. The maximum Gasteiger partial charge on any atom is 0.353 e. The minimum atomic E-state index is -1.50. The highest BCUT2D eigenvalue weighted by molar-refractivity contribution is 6.35. The van der Waals surface area contributed by atoms with Crippen LogP contribution in [0.25, 0.3) is 0 Å². The number of carbonyl (C=O) groups is 3. The average Bonchev–Trinajstić information content (AvgIpc) is 3.09. The van der Waals surface area contributed by atoms with Gasteiger partial charge in [0.2, 0.25) is 11.6 Å². The Balaban J connectivity index is 1.51. The lowest BCUT2D eigenvalue weighted by atomic mass is 9.97. The molecule has 2 aliphatic heterocycles. The Bertz CT molecular complexity index is 1040. The van der Waals surface area contributed by atoms with Gasteiger partial charge in [-0.05, 0) is 30.3 Å². The highest BCUT2D eigenvalue weighted by Crippen LogP contribution is 2.44. The van der Waals surface area contributed by atoms with E-state index in [1.54, 1.807) is 42.5 Å². The zero-order valence-electron chi connectivity index (χ0n) is 16.1. The summed E-state index contributed by atoms with van der Waals surface area (Å²) in [6.07, 6.45) is 0.295. The fourth-order valence-electron chi connectivity index (χ4n) is 3.88. The molecule has 4 rings (SSSR count). The summed E-state index contributed by atoms with van der Waals surface area (Å²) < 4.78 is 11.0. The largest absolute Gasteiger partial charge is 0.488 e. The number of hydrogen-bond donors (Lipinski definition) is 0. The first kappa shape index (κ1) is 20.5. The second-order valence-corrected chi connectivity index (χ2v) is 7.83. The SMILES string of the molecule is CN1C(=O)c2ccccc2N2C(=O)CCC12C(=O)OCCOc1ccc(Cl)cc1Cl. The number of para-hydroxylation sites is 1. The fraction of sp³-hybridized carbons (Fsp3) is 0.286. The Morgan fingerprint density at radius 1 is 1.13 bits per heavy atom. The van der Waals surface area contributed by atoms with Crippen molar-refractivity contribution in [3.63, 3.8) is 0 Å². The van der Waals surface area contributed by atoms with Gasteiger partial charge in [0, 0.05) is 24.9 Å². The van der Waals surface area contributed by atoms with Crippen molar-refractivity contribution >= 4 is 46.7 Å². The van der Waals surface area contributed by atoms with E-state index < -0.39 is 11.6 Å². The molecule has 7 nitrogen and oxygen atoms in total. The van der Waals surface area contributed by atoms with E-state index in [4.69, 9.17) is 32.7 Å². The molecule has 2 amide bonds. The van der Waals surface area contributed by atoms with E-state index >= 15 is 0 Å². The van der Waals surface area contributed by atoms with Gasteiger partial charge in [-0.3, -0.25) is 14.5 Å². The summed E-state index contributed by atoms with van der Waals surface area (Å²) in [7, 11) is 1.51. The highest BCUT2D eigenvalue weighted by Gasteiger charge is 2.60. The molecule has 0 bridgehead atoms. The second-order valence-electron chi connectivity index (χ2n) is 6.99. The molecule has 2 aliphatic rings. The van der Waals surface area contributed by atoms with Crippen molar-refractivity contribution in [2.45, 2.75) is 18.5 Å². The van der Waals surface area contributed by atoms with Crippen LogP contribution in [0.1, 0.15) is 23.2 Å². The maximum atomic E-state index is 13.1. The van der Waals surface area contributed by atoms with Crippen LogP contribution in [0.3, 0.4) is 0 Å².